The third-order valence-electron chi connectivity index (χ3n) is 5.46. The number of esters is 1. The highest BCUT2D eigenvalue weighted by Gasteiger charge is 2.30. The van der Waals surface area contributed by atoms with Crippen molar-refractivity contribution in [1.82, 2.24) is 9.88 Å². The maximum Gasteiger partial charge on any atom is 0.323 e. The lowest BCUT2D eigenvalue weighted by Crippen LogP contribution is -2.44. The van der Waals surface area contributed by atoms with Crippen molar-refractivity contribution in [2.75, 3.05) is 30.3 Å². The number of aromatic nitrogens is 1. The molecule has 1 aliphatic rings. The molecule has 3 amide bonds. The summed E-state index contributed by atoms with van der Waals surface area (Å²) in [7, 11) is 0. The van der Waals surface area contributed by atoms with Crippen LogP contribution in [0.15, 0.2) is 12.1 Å². The summed E-state index contributed by atoms with van der Waals surface area (Å²) in [6.45, 7) is 10.7. The Morgan fingerprint density at radius 2 is 1.84 bits per heavy atom. The van der Waals surface area contributed by atoms with Crippen LogP contribution in [0.5, 0.6) is 0 Å². The van der Waals surface area contributed by atoms with E-state index in [-0.39, 0.29) is 23.8 Å². The maximum absolute atomic E-state index is 12.9. The molecule has 1 fully saturated rings. The van der Waals surface area contributed by atoms with Gasteiger partial charge in [-0.15, -0.1) is 0 Å². The largest absolute Gasteiger partial charge is 0.466 e. The number of piperidine rings is 1. The van der Waals surface area contributed by atoms with Gasteiger partial charge >= 0.3 is 12.0 Å². The molecule has 1 aliphatic heterocycles. The van der Waals surface area contributed by atoms with Gasteiger partial charge in [0.15, 0.2) is 5.13 Å². The minimum Gasteiger partial charge on any atom is -0.466 e. The van der Waals surface area contributed by atoms with Gasteiger partial charge < -0.3 is 15.0 Å². The second-order valence-corrected chi connectivity index (χ2v) is 9.13. The summed E-state index contributed by atoms with van der Waals surface area (Å²) in [6, 6.07) is 3.72. The molecular weight excluding hydrogens is 428 g/mol. The molecule has 0 spiro atoms. The number of hydrogen-bond donors (Lipinski definition) is 2. The van der Waals surface area contributed by atoms with Gasteiger partial charge in [-0.05, 0) is 58.6 Å². The Kier molecular flexibility index (Phi) is 7.50. The molecule has 1 saturated heterocycles. The van der Waals surface area contributed by atoms with Gasteiger partial charge in [0.05, 0.1) is 18.2 Å². The van der Waals surface area contributed by atoms with E-state index in [1.807, 2.05) is 32.9 Å². The summed E-state index contributed by atoms with van der Waals surface area (Å²) < 4.78 is 5.09. The fourth-order valence-electron chi connectivity index (χ4n) is 3.99. The Labute approximate surface area is 192 Å². The van der Waals surface area contributed by atoms with E-state index in [2.05, 4.69) is 15.6 Å². The smallest absolute Gasteiger partial charge is 0.323 e. The molecule has 0 radical (unpaired) electrons. The van der Waals surface area contributed by atoms with Crippen LogP contribution < -0.4 is 10.6 Å². The van der Waals surface area contributed by atoms with Crippen molar-refractivity contribution in [3.8, 4) is 0 Å². The number of rotatable bonds is 5. The number of ether oxygens (including phenoxy) is 1. The second-order valence-electron chi connectivity index (χ2n) is 8.13. The van der Waals surface area contributed by atoms with Gasteiger partial charge in [0, 0.05) is 18.8 Å². The van der Waals surface area contributed by atoms with Crippen LogP contribution in [-0.2, 0) is 9.53 Å². The number of carbonyl (C=O) groups is 3. The van der Waals surface area contributed by atoms with Crippen molar-refractivity contribution in [2.45, 2.75) is 47.5 Å². The summed E-state index contributed by atoms with van der Waals surface area (Å²) in [6.07, 6.45) is 1.44. The van der Waals surface area contributed by atoms with Gasteiger partial charge in [-0.3, -0.25) is 14.9 Å². The summed E-state index contributed by atoms with van der Waals surface area (Å²) in [5.74, 6) is -0.832. The van der Waals surface area contributed by atoms with E-state index in [4.69, 9.17) is 4.74 Å². The highest BCUT2D eigenvalue weighted by Crippen LogP contribution is 2.27. The number of thiazole rings is 1. The van der Waals surface area contributed by atoms with E-state index in [1.165, 1.54) is 0 Å². The fraction of sp³-hybridized carbons (Fsp3) is 0.478. The molecule has 1 aromatic carbocycles. The zero-order valence-corrected chi connectivity index (χ0v) is 20.0. The highest BCUT2D eigenvalue weighted by molar-refractivity contribution is 7.17. The van der Waals surface area contributed by atoms with E-state index < -0.39 is 0 Å². The Hall–Kier alpha value is -2.94. The van der Waals surface area contributed by atoms with Gasteiger partial charge in [-0.1, -0.05) is 29.0 Å². The van der Waals surface area contributed by atoms with Crippen LogP contribution in [0.4, 0.5) is 15.6 Å². The highest BCUT2D eigenvalue weighted by atomic mass is 32.1. The molecule has 0 aliphatic carbocycles. The molecule has 172 valence electrons. The third-order valence-corrected chi connectivity index (χ3v) is 6.53. The molecule has 2 aromatic rings. The molecule has 1 unspecified atom stereocenters. The first kappa shape index (κ1) is 23.7. The van der Waals surface area contributed by atoms with E-state index in [1.54, 1.807) is 18.7 Å². The Bertz CT molecular complexity index is 1010. The number of likely N-dealkylation sites (tertiary alicyclic amines) is 1. The zero-order chi connectivity index (χ0) is 23.4. The maximum atomic E-state index is 12.9. The molecule has 1 aromatic heterocycles. The van der Waals surface area contributed by atoms with Crippen molar-refractivity contribution in [1.29, 1.82) is 0 Å². The zero-order valence-electron chi connectivity index (χ0n) is 19.2. The van der Waals surface area contributed by atoms with Gasteiger partial charge in [0.2, 0.25) is 0 Å². The van der Waals surface area contributed by atoms with Crippen molar-refractivity contribution in [3.05, 3.63) is 39.4 Å². The quantitative estimate of drug-likeness (QED) is 0.646. The average Bonchev–Trinajstić information content (AvgIpc) is 3.10. The molecule has 9 heteroatoms. The van der Waals surface area contributed by atoms with Crippen molar-refractivity contribution < 1.29 is 19.1 Å². The van der Waals surface area contributed by atoms with E-state index in [0.717, 1.165) is 40.1 Å². The molecule has 2 N–H and O–H groups in total. The number of hydrogen-bond acceptors (Lipinski definition) is 6. The Balaban J connectivity index is 1.67. The number of urea groups is 1. The minimum atomic E-state index is -0.329. The monoisotopic (exact) mass is 458 g/mol. The predicted molar refractivity (Wildman–Crippen MR) is 125 cm³/mol. The van der Waals surface area contributed by atoms with Crippen LogP contribution in [0.2, 0.25) is 0 Å². The van der Waals surface area contributed by atoms with E-state index in [9.17, 15) is 14.4 Å². The van der Waals surface area contributed by atoms with Crippen molar-refractivity contribution in [3.63, 3.8) is 0 Å². The molecular formula is C23H30N4O4S. The first-order chi connectivity index (χ1) is 15.2. The second kappa shape index (κ2) is 10.1. The number of anilines is 2. The molecule has 8 nitrogen and oxygen atoms in total. The minimum absolute atomic E-state index is 0.254. The number of amides is 3. The molecule has 32 heavy (non-hydrogen) atoms. The lowest BCUT2D eigenvalue weighted by atomic mass is 9.98. The topological polar surface area (TPSA) is 101 Å². The lowest BCUT2D eigenvalue weighted by Gasteiger charge is -2.31. The van der Waals surface area contributed by atoms with Crippen LogP contribution in [0.3, 0.4) is 0 Å². The molecule has 3 rings (SSSR count). The summed E-state index contributed by atoms with van der Waals surface area (Å²) in [5.41, 5.74) is 4.46. The molecule has 0 bridgehead atoms. The number of nitrogens with one attached hydrogen (secondary N) is 2. The normalized spacial score (nSPS) is 15.9. The number of aryl methyl sites for hydroxylation is 4. The molecule has 2 heterocycles. The third kappa shape index (κ3) is 5.45. The van der Waals surface area contributed by atoms with Gasteiger partial charge in [-0.2, -0.15) is 0 Å². The Morgan fingerprint density at radius 3 is 2.50 bits per heavy atom. The van der Waals surface area contributed by atoms with Gasteiger partial charge in [0.25, 0.3) is 5.91 Å². The van der Waals surface area contributed by atoms with Crippen molar-refractivity contribution >= 4 is 40.1 Å². The first-order valence-electron chi connectivity index (χ1n) is 10.8. The van der Waals surface area contributed by atoms with Crippen LogP contribution in [0.1, 0.15) is 51.8 Å². The predicted octanol–water partition coefficient (Wildman–Crippen LogP) is 4.44. The summed E-state index contributed by atoms with van der Waals surface area (Å²) in [4.78, 5) is 44.0. The van der Waals surface area contributed by atoms with E-state index in [0.29, 0.717) is 41.8 Å². The summed E-state index contributed by atoms with van der Waals surface area (Å²) >= 11 is 1.14. The number of carbonyl (C=O) groups excluding carboxylic acids is 3. The molecule has 1 atom stereocenters. The SMILES string of the molecule is CCOC(=O)C1CCCN(C(=O)Nc2nc(C)c(C(=O)Nc3c(C)cc(C)cc3C)s2)C1. The fourth-order valence-corrected chi connectivity index (χ4v) is 4.84. The number of benzene rings is 1. The average molecular weight is 459 g/mol. The number of nitrogens with zero attached hydrogens (tertiary/aromatic N) is 2. The Morgan fingerprint density at radius 1 is 1.16 bits per heavy atom. The lowest BCUT2D eigenvalue weighted by molar-refractivity contribution is -0.149. The molecule has 0 saturated carbocycles. The van der Waals surface area contributed by atoms with Crippen molar-refractivity contribution in [2.24, 2.45) is 5.92 Å². The van der Waals surface area contributed by atoms with Gasteiger partial charge in [-0.25, -0.2) is 9.78 Å². The van der Waals surface area contributed by atoms with Crippen LogP contribution in [-0.4, -0.2) is 47.5 Å². The standard InChI is InChI=1S/C23H30N4O4S/c1-6-31-21(29)17-8-7-9-27(12-17)23(30)26-22-24-16(5)19(32-22)20(28)25-18-14(3)10-13(2)11-15(18)4/h10-11,17H,6-9,12H2,1-5H3,(H,25,28)(H,24,26,30). The first-order valence-corrected chi connectivity index (χ1v) is 11.6. The van der Waals surface area contributed by atoms with Crippen LogP contribution in [0, 0.1) is 33.6 Å². The van der Waals surface area contributed by atoms with E-state index >= 15 is 0 Å². The van der Waals surface area contributed by atoms with Crippen LogP contribution >= 0.6 is 11.3 Å². The van der Waals surface area contributed by atoms with Crippen LogP contribution in [0.25, 0.3) is 0 Å². The van der Waals surface area contributed by atoms with Gasteiger partial charge in [0.1, 0.15) is 4.88 Å². The summed E-state index contributed by atoms with van der Waals surface area (Å²) in [5, 5.41) is 6.11.